The van der Waals surface area contributed by atoms with Gasteiger partial charge in [-0.3, -0.25) is 0 Å². The topological polar surface area (TPSA) is 35.2 Å². The fraction of sp³-hybridized carbons (Fsp3) is 0.500. The molecule has 0 amide bonds. The third-order valence-electron chi connectivity index (χ3n) is 2.23. The van der Waals surface area contributed by atoms with E-state index in [0.29, 0.717) is 11.9 Å². The Hall–Kier alpha value is -0.830. The van der Waals surface area contributed by atoms with Gasteiger partial charge in [-0.25, -0.2) is 0 Å². The first-order chi connectivity index (χ1) is 7.19. The highest BCUT2D eigenvalue weighted by Crippen LogP contribution is 2.35. The van der Waals surface area contributed by atoms with E-state index in [4.69, 9.17) is 10.5 Å². The van der Waals surface area contributed by atoms with Gasteiger partial charge >= 0.3 is 0 Å². The first kappa shape index (κ1) is 12.2. The molecule has 0 fully saturated rings. The molecular formula is C12H19NOS. The summed E-state index contributed by atoms with van der Waals surface area (Å²) in [5, 5.41) is 0.587. The lowest BCUT2D eigenvalue weighted by Crippen LogP contribution is -2.00. The summed E-state index contributed by atoms with van der Waals surface area (Å²) < 4.78 is 5.45. The number of thioether (sulfide) groups is 1. The molecule has 0 saturated heterocycles. The summed E-state index contributed by atoms with van der Waals surface area (Å²) in [4.78, 5) is 1.12. The largest absolute Gasteiger partial charge is 0.492 e. The molecule has 0 aromatic heterocycles. The highest BCUT2D eigenvalue weighted by molar-refractivity contribution is 8.00. The van der Waals surface area contributed by atoms with Crippen molar-refractivity contribution in [2.24, 2.45) is 0 Å². The minimum atomic E-state index is 0.587. The van der Waals surface area contributed by atoms with Gasteiger partial charge in [0, 0.05) is 10.1 Å². The average molecular weight is 225 g/mol. The molecule has 0 aliphatic carbocycles. The minimum Gasteiger partial charge on any atom is -0.492 e. The monoisotopic (exact) mass is 225 g/mol. The van der Waals surface area contributed by atoms with Gasteiger partial charge in [-0.2, -0.15) is 0 Å². The summed E-state index contributed by atoms with van der Waals surface area (Å²) in [5.41, 5.74) is 6.79. The second kappa shape index (κ2) is 5.91. The van der Waals surface area contributed by atoms with Crippen LogP contribution in [0.25, 0.3) is 0 Å². The Bertz CT molecular complexity index is 314. The van der Waals surface area contributed by atoms with Gasteiger partial charge in [0.1, 0.15) is 5.75 Å². The molecule has 3 heteroatoms. The highest BCUT2D eigenvalue weighted by atomic mass is 32.2. The van der Waals surface area contributed by atoms with Crippen molar-refractivity contribution < 1.29 is 4.74 Å². The third-order valence-corrected chi connectivity index (χ3v) is 3.57. The average Bonchev–Trinajstić information content (AvgIpc) is 2.24. The first-order valence-corrected chi connectivity index (χ1v) is 6.24. The van der Waals surface area contributed by atoms with Gasteiger partial charge in [-0.1, -0.05) is 19.9 Å². The number of nitrogen functional groups attached to an aromatic ring is 1. The fourth-order valence-corrected chi connectivity index (χ4v) is 2.19. The van der Waals surface area contributed by atoms with Crippen LogP contribution in [0.15, 0.2) is 23.1 Å². The number of rotatable bonds is 5. The van der Waals surface area contributed by atoms with E-state index in [2.05, 4.69) is 19.9 Å². The lowest BCUT2D eigenvalue weighted by Gasteiger charge is -2.13. The lowest BCUT2D eigenvalue weighted by atomic mass is 10.3. The molecule has 0 aliphatic rings. The number of anilines is 1. The zero-order valence-corrected chi connectivity index (χ0v) is 10.4. The first-order valence-electron chi connectivity index (χ1n) is 5.37. The van der Waals surface area contributed by atoms with Crippen molar-refractivity contribution in [3.63, 3.8) is 0 Å². The Morgan fingerprint density at radius 2 is 2.13 bits per heavy atom. The quantitative estimate of drug-likeness (QED) is 0.614. The second-order valence-electron chi connectivity index (χ2n) is 3.44. The maximum Gasteiger partial charge on any atom is 0.143 e. The van der Waals surface area contributed by atoms with Crippen molar-refractivity contribution in [1.29, 1.82) is 0 Å². The highest BCUT2D eigenvalue weighted by Gasteiger charge is 2.08. The van der Waals surface area contributed by atoms with Crippen LogP contribution in [0.1, 0.15) is 27.2 Å². The van der Waals surface area contributed by atoms with Crippen LogP contribution < -0.4 is 10.5 Å². The summed E-state index contributed by atoms with van der Waals surface area (Å²) in [6, 6.07) is 5.96. The van der Waals surface area contributed by atoms with Gasteiger partial charge in [0.15, 0.2) is 0 Å². The SMILES string of the molecule is CCOc1cccc(SC(C)CC)c1N. The van der Waals surface area contributed by atoms with Crippen molar-refractivity contribution >= 4 is 17.4 Å². The Labute approximate surface area is 96.2 Å². The van der Waals surface area contributed by atoms with Gasteiger partial charge in [-0.15, -0.1) is 11.8 Å². The Morgan fingerprint density at radius 1 is 1.40 bits per heavy atom. The molecule has 1 aromatic carbocycles. The maximum atomic E-state index is 6.03. The summed E-state index contributed by atoms with van der Waals surface area (Å²) in [6.07, 6.45) is 1.14. The smallest absolute Gasteiger partial charge is 0.143 e. The second-order valence-corrected chi connectivity index (χ2v) is 4.92. The zero-order valence-electron chi connectivity index (χ0n) is 9.62. The number of ether oxygens (including phenoxy) is 1. The molecule has 0 radical (unpaired) electrons. The number of hydrogen-bond donors (Lipinski definition) is 1. The van der Waals surface area contributed by atoms with E-state index in [-0.39, 0.29) is 0 Å². The van der Waals surface area contributed by atoms with Crippen molar-refractivity contribution in [1.82, 2.24) is 0 Å². The van der Waals surface area contributed by atoms with Crippen LogP contribution >= 0.6 is 11.8 Å². The molecule has 0 saturated carbocycles. The molecule has 1 atom stereocenters. The number of benzene rings is 1. The van der Waals surface area contributed by atoms with E-state index >= 15 is 0 Å². The van der Waals surface area contributed by atoms with Crippen molar-refractivity contribution in [2.75, 3.05) is 12.3 Å². The third kappa shape index (κ3) is 3.34. The predicted octanol–water partition coefficient (Wildman–Crippen LogP) is 3.56. The molecule has 1 aromatic rings. The summed E-state index contributed by atoms with van der Waals surface area (Å²) in [7, 11) is 0. The standard InChI is InChI=1S/C12H19NOS/c1-4-9(3)15-11-8-6-7-10(12(11)13)14-5-2/h6-9H,4-5,13H2,1-3H3. The molecular weight excluding hydrogens is 206 g/mol. The Morgan fingerprint density at radius 3 is 2.73 bits per heavy atom. The van der Waals surface area contributed by atoms with Crippen LogP contribution in [0.3, 0.4) is 0 Å². The van der Waals surface area contributed by atoms with Crippen molar-refractivity contribution in [3.05, 3.63) is 18.2 Å². The molecule has 2 N–H and O–H groups in total. The van der Waals surface area contributed by atoms with E-state index in [0.717, 1.165) is 22.8 Å². The number of para-hydroxylation sites is 1. The van der Waals surface area contributed by atoms with Gasteiger partial charge in [0.2, 0.25) is 0 Å². The zero-order chi connectivity index (χ0) is 11.3. The van der Waals surface area contributed by atoms with Gasteiger partial charge in [-0.05, 0) is 25.5 Å². The van der Waals surface area contributed by atoms with E-state index in [1.165, 1.54) is 0 Å². The van der Waals surface area contributed by atoms with E-state index in [9.17, 15) is 0 Å². The van der Waals surface area contributed by atoms with E-state index < -0.39 is 0 Å². The molecule has 1 rings (SSSR count). The van der Waals surface area contributed by atoms with Crippen molar-refractivity contribution in [2.45, 2.75) is 37.3 Å². The predicted molar refractivity (Wildman–Crippen MR) is 67.6 cm³/mol. The molecule has 2 nitrogen and oxygen atoms in total. The number of nitrogens with two attached hydrogens (primary N) is 1. The van der Waals surface area contributed by atoms with Crippen molar-refractivity contribution in [3.8, 4) is 5.75 Å². The van der Waals surface area contributed by atoms with Crippen LogP contribution in [-0.2, 0) is 0 Å². The molecule has 84 valence electrons. The van der Waals surface area contributed by atoms with Gasteiger partial charge in [0.25, 0.3) is 0 Å². The Balaban J connectivity index is 2.84. The maximum absolute atomic E-state index is 6.03. The van der Waals surface area contributed by atoms with E-state index in [1.807, 2.05) is 19.1 Å². The number of hydrogen-bond acceptors (Lipinski definition) is 3. The minimum absolute atomic E-state index is 0.587. The fourth-order valence-electron chi connectivity index (χ4n) is 1.21. The lowest BCUT2D eigenvalue weighted by molar-refractivity contribution is 0.341. The van der Waals surface area contributed by atoms with Crippen LogP contribution in [0.5, 0.6) is 5.75 Å². The Kier molecular flexibility index (Phi) is 4.82. The summed E-state index contributed by atoms with van der Waals surface area (Å²) in [5.74, 6) is 0.797. The summed E-state index contributed by atoms with van der Waals surface area (Å²) in [6.45, 7) is 7.01. The summed E-state index contributed by atoms with van der Waals surface area (Å²) >= 11 is 1.81. The molecule has 1 unspecified atom stereocenters. The van der Waals surface area contributed by atoms with Crippen LogP contribution in [-0.4, -0.2) is 11.9 Å². The van der Waals surface area contributed by atoms with Crippen LogP contribution in [0.2, 0.25) is 0 Å². The van der Waals surface area contributed by atoms with Crippen LogP contribution in [0.4, 0.5) is 5.69 Å². The molecule has 0 heterocycles. The normalized spacial score (nSPS) is 12.5. The molecule has 15 heavy (non-hydrogen) atoms. The van der Waals surface area contributed by atoms with Gasteiger partial charge < -0.3 is 10.5 Å². The van der Waals surface area contributed by atoms with Gasteiger partial charge in [0.05, 0.1) is 12.3 Å². The van der Waals surface area contributed by atoms with E-state index in [1.54, 1.807) is 11.8 Å². The van der Waals surface area contributed by atoms with Crippen LogP contribution in [0, 0.1) is 0 Å². The molecule has 0 spiro atoms. The molecule has 0 bridgehead atoms. The molecule has 0 aliphatic heterocycles.